The Morgan fingerprint density at radius 1 is 1.19 bits per heavy atom. The van der Waals surface area contributed by atoms with Crippen LogP contribution in [0.2, 0.25) is 0 Å². The third kappa shape index (κ3) is 3.46. The highest BCUT2D eigenvalue weighted by Crippen LogP contribution is 2.31. The van der Waals surface area contributed by atoms with Gasteiger partial charge in [0.1, 0.15) is 5.82 Å². The predicted molar refractivity (Wildman–Crippen MR) is 110 cm³/mol. The van der Waals surface area contributed by atoms with Crippen LogP contribution in [0.3, 0.4) is 0 Å². The van der Waals surface area contributed by atoms with Crippen molar-refractivity contribution >= 4 is 21.4 Å². The topological polar surface area (TPSA) is 49.0 Å². The number of H-pyrrole nitrogens is 1. The fourth-order valence-corrected chi connectivity index (χ4v) is 5.65. The van der Waals surface area contributed by atoms with Crippen LogP contribution in [-0.2, 0) is 19.5 Å². The Hall–Kier alpha value is -1.98. The molecule has 0 atom stereocenters. The van der Waals surface area contributed by atoms with Crippen molar-refractivity contribution in [2.45, 2.75) is 57.5 Å². The first-order valence-corrected chi connectivity index (χ1v) is 10.9. The van der Waals surface area contributed by atoms with Crippen LogP contribution in [0.1, 0.15) is 60.0 Å². The molecular weight excluding hydrogens is 354 g/mol. The Morgan fingerprint density at radius 2 is 2.04 bits per heavy atom. The van der Waals surface area contributed by atoms with Gasteiger partial charge in [-0.3, -0.25) is 9.69 Å². The zero-order valence-electron chi connectivity index (χ0n) is 15.5. The van der Waals surface area contributed by atoms with Crippen LogP contribution in [0, 0.1) is 0 Å². The Balaban J connectivity index is 1.35. The zero-order chi connectivity index (χ0) is 18.2. The molecule has 0 bridgehead atoms. The smallest absolute Gasteiger partial charge is 0.255 e. The summed E-state index contributed by atoms with van der Waals surface area (Å²) in [7, 11) is 0. The van der Waals surface area contributed by atoms with E-state index in [1.807, 2.05) is 11.3 Å². The molecule has 1 aliphatic carbocycles. The Morgan fingerprint density at radius 3 is 2.89 bits per heavy atom. The van der Waals surface area contributed by atoms with Crippen molar-refractivity contribution in [1.82, 2.24) is 14.9 Å². The van der Waals surface area contributed by atoms with E-state index in [2.05, 4.69) is 40.2 Å². The normalized spacial score (nSPS) is 18.7. The number of benzene rings is 1. The first kappa shape index (κ1) is 17.1. The molecule has 1 fully saturated rings. The molecule has 5 heteroatoms. The molecule has 140 valence electrons. The minimum Gasteiger partial charge on any atom is -0.310 e. The van der Waals surface area contributed by atoms with E-state index in [4.69, 9.17) is 4.98 Å². The number of thiophene rings is 1. The number of aromatic nitrogens is 2. The van der Waals surface area contributed by atoms with Crippen molar-refractivity contribution in [3.8, 4) is 0 Å². The van der Waals surface area contributed by atoms with Gasteiger partial charge in [-0.15, -0.1) is 11.3 Å². The third-order valence-corrected chi connectivity index (χ3v) is 7.11. The van der Waals surface area contributed by atoms with Crippen LogP contribution >= 0.6 is 11.3 Å². The molecule has 1 saturated carbocycles. The lowest BCUT2D eigenvalue weighted by Gasteiger charge is -2.28. The molecule has 0 saturated heterocycles. The summed E-state index contributed by atoms with van der Waals surface area (Å²) in [4.78, 5) is 24.5. The van der Waals surface area contributed by atoms with Crippen LogP contribution < -0.4 is 5.56 Å². The van der Waals surface area contributed by atoms with Gasteiger partial charge in [0.05, 0.1) is 11.3 Å². The number of hydrogen-bond donors (Lipinski definition) is 1. The van der Waals surface area contributed by atoms with Crippen molar-refractivity contribution in [3.05, 3.63) is 62.6 Å². The Bertz CT molecular complexity index is 983. The van der Waals surface area contributed by atoms with Gasteiger partial charge in [0, 0.05) is 41.6 Å². The lowest BCUT2D eigenvalue weighted by molar-refractivity contribution is 0.243. The monoisotopic (exact) mass is 379 g/mol. The molecule has 4 nitrogen and oxygen atoms in total. The van der Waals surface area contributed by atoms with E-state index in [0.29, 0.717) is 12.5 Å². The minimum atomic E-state index is 0.0848. The fourth-order valence-electron chi connectivity index (χ4n) is 4.54. The SMILES string of the molecule is O=c1[nH]c(C2CCCCC2)nc2c1CN(Cc1cc3ccccc3s1)CC2. The minimum absolute atomic E-state index is 0.0848. The molecule has 5 rings (SSSR count). The van der Waals surface area contributed by atoms with E-state index in [9.17, 15) is 4.79 Å². The molecule has 3 heterocycles. The molecule has 1 aromatic carbocycles. The van der Waals surface area contributed by atoms with Crippen molar-refractivity contribution in [2.24, 2.45) is 0 Å². The van der Waals surface area contributed by atoms with Gasteiger partial charge in [0.2, 0.25) is 0 Å². The van der Waals surface area contributed by atoms with Gasteiger partial charge in [-0.05, 0) is 30.4 Å². The lowest BCUT2D eigenvalue weighted by atomic mass is 9.88. The summed E-state index contributed by atoms with van der Waals surface area (Å²) in [5, 5.41) is 1.31. The second-order valence-electron chi connectivity index (χ2n) is 7.92. The molecule has 3 aromatic rings. The average Bonchev–Trinajstić information content (AvgIpc) is 3.11. The summed E-state index contributed by atoms with van der Waals surface area (Å²) in [6, 6.07) is 10.8. The maximum Gasteiger partial charge on any atom is 0.255 e. The van der Waals surface area contributed by atoms with Crippen molar-refractivity contribution in [1.29, 1.82) is 0 Å². The van der Waals surface area contributed by atoms with Gasteiger partial charge >= 0.3 is 0 Å². The number of hydrogen-bond acceptors (Lipinski definition) is 4. The van der Waals surface area contributed by atoms with Gasteiger partial charge in [0.25, 0.3) is 5.56 Å². The first-order valence-electron chi connectivity index (χ1n) is 10.1. The van der Waals surface area contributed by atoms with Crippen LogP contribution in [0.5, 0.6) is 0 Å². The molecule has 0 radical (unpaired) electrons. The summed E-state index contributed by atoms with van der Waals surface area (Å²) < 4.78 is 1.33. The van der Waals surface area contributed by atoms with E-state index in [1.165, 1.54) is 47.1 Å². The summed E-state index contributed by atoms with van der Waals surface area (Å²) in [6.45, 7) is 2.58. The quantitative estimate of drug-likeness (QED) is 0.724. The largest absolute Gasteiger partial charge is 0.310 e. The van der Waals surface area contributed by atoms with Crippen LogP contribution in [0.4, 0.5) is 0 Å². The van der Waals surface area contributed by atoms with E-state index < -0.39 is 0 Å². The molecule has 0 unspecified atom stereocenters. The van der Waals surface area contributed by atoms with Crippen LogP contribution in [0.25, 0.3) is 10.1 Å². The maximum atomic E-state index is 12.7. The number of fused-ring (bicyclic) bond motifs is 2. The van der Waals surface area contributed by atoms with Gasteiger partial charge in [-0.2, -0.15) is 0 Å². The maximum absolute atomic E-state index is 12.7. The fraction of sp³-hybridized carbons (Fsp3) is 0.455. The highest BCUT2D eigenvalue weighted by atomic mass is 32.1. The average molecular weight is 380 g/mol. The van der Waals surface area contributed by atoms with Crippen LogP contribution in [-0.4, -0.2) is 21.4 Å². The van der Waals surface area contributed by atoms with Gasteiger partial charge < -0.3 is 4.98 Å². The zero-order valence-corrected chi connectivity index (χ0v) is 16.4. The number of rotatable bonds is 3. The summed E-state index contributed by atoms with van der Waals surface area (Å²) in [6.07, 6.45) is 7.05. The highest BCUT2D eigenvalue weighted by molar-refractivity contribution is 7.19. The second-order valence-corrected chi connectivity index (χ2v) is 9.09. The molecule has 2 aromatic heterocycles. The summed E-state index contributed by atoms with van der Waals surface area (Å²) >= 11 is 1.85. The molecule has 1 aliphatic heterocycles. The molecule has 1 N–H and O–H groups in total. The molecule has 0 spiro atoms. The molecule has 27 heavy (non-hydrogen) atoms. The van der Waals surface area contributed by atoms with Crippen molar-refractivity contribution < 1.29 is 0 Å². The van der Waals surface area contributed by atoms with E-state index >= 15 is 0 Å². The van der Waals surface area contributed by atoms with Crippen LogP contribution in [0.15, 0.2) is 35.1 Å². The Labute approximate surface area is 163 Å². The number of nitrogens with zero attached hydrogens (tertiary/aromatic N) is 2. The molecular formula is C22H25N3OS. The summed E-state index contributed by atoms with van der Waals surface area (Å²) in [5.74, 6) is 1.39. The van der Waals surface area contributed by atoms with E-state index in [-0.39, 0.29) is 5.56 Å². The van der Waals surface area contributed by atoms with E-state index in [0.717, 1.165) is 36.6 Å². The van der Waals surface area contributed by atoms with Gasteiger partial charge in [-0.1, -0.05) is 37.5 Å². The highest BCUT2D eigenvalue weighted by Gasteiger charge is 2.24. The van der Waals surface area contributed by atoms with Gasteiger partial charge in [-0.25, -0.2) is 4.98 Å². The standard InChI is InChI=1S/C22H25N3OS/c26-22-18-14-25(13-17-12-16-8-4-5-9-20(16)27-17)11-10-19(18)23-21(24-22)15-6-2-1-3-7-15/h4-5,8-9,12,15H,1-3,6-7,10-11,13-14H2,(H,23,24,26). The summed E-state index contributed by atoms with van der Waals surface area (Å²) in [5.41, 5.74) is 2.00. The number of nitrogens with one attached hydrogen (secondary N) is 1. The molecule has 0 amide bonds. The van der Waals surface area contributed by atoms with Gasteiger partial charge in [0.15, 0.2) is 0 Å². The third-order valence-electron chi connectivity index (χ3n) is 6.01. The first-order chi connectivity index (χ1) is 13.3. The van der Waals surface area contributed by atoms with E-state index in [1.54, 1.807) is 0 Å². The number of aromatic amines is 1. The predicted octanol–water partition coefficient (Wildman–Crippen LogP) is 4.59. The molecule has 2 aliphatic rings. The van der Waals surface area contributed by atoms with Crippen molar-refractivity contribution in [3.63, 3.8) is 0 Å². The lowest BCUT2D eigenvalue weighted by Crippen LogP contribution is -2.36. The van der Waals surface area contributed by atoms with Crippen molar-refractivity contribution in [2.75, 3.05) is 6.54 Å². The Kier molecular flexibility index (Phi) is 4.58. The second kappa shape index (κ2) is 7.21.